The minimum Gasteiger partial charge on any atom is -0.309 e. The monoisotopic (exact) mass is 664 g/mol. The lowest BCUT2D eigenvalue weighted by Gasteiger charge is -2.12. The van der Waals surface area contributed by atoms with Crippen LogP contribution in [-0.4, -0.2) is 24.1 Å². The third kappa shape index (κ3) is 4.76. The molecule has 242 valence electrons. The molecule has 0 aliphatic rings. The summed E-state index contributed by atoms with van der Waals surface area (Å²) in [5, 5.41) is 14.3. The van der Waals surface area contributed by atoms with Gasteiger partial charge in [-0.15, -0.1) is 0 Å². The SMILES string of the molecule is N#Cc1ccc2c(c1)c1ccc(-c3ccc(-n4c5ccccc5c5ccccc54)cc3)cc1n2-c1nc(-c2ccccc2)nc(-c2ccccc2)n1. The maximum absolute atomic E-state index is 9.83. The highest BCUT2D eigenvalue weighted by molar-refractivity contribution is 6.11. The van der Waals surface area contributed by atoms with Crippen molar-refractivity contribution in [1.82, 2.24) is 24.1 Å². The van der Waals surface area contributed by atoms with Gasteiger partial charge in [0.25, 0.3) is 0 Å². The molecule has 52 heavy (non-hydrogen) atoms. The highest BCUT2D eigenvalue weighted by atomic mass is 15.2. The Morgan fingerprint density at radius 2 is 0.923 bits per heavy atom. The summed E-state index contributed by atoms with van der Waals surface area (Å²) in [7, 11) is 0. The van der Waals surface area contributed by atoms with Gasteiger partial charge >= 0.3 is 0 Å². The quantitative estimate of drug-likeness (QED) is 0.184. The van der Waals surface area contributed by atoms with Gasteiger partial charge in [-0.05, 0) is 59.7 Å². The van der Waals surface area contributed by atoms with Crippen LogP contribution in [0.2, 0.25) is 0 Å². The molecule has 0 atom stereocenters. The summed E-state index contributed by atoms with van der Waals surface area (Å²) in [5.74, 6) is 1.69. The zero-order valence-electron chi connectivity index (χ0n) is 27.8. The summed E-state index contributed by atoms with van der Waals surface area (Å²) in [6.07, 6.45) is 0. The largest absolute Gasteiger partial charge is 0.309 e. The molecule has 0 radical (unpaired) electrons. The minimum absolute atomic E-state index is 0.510. The van der Waals surface area contributed by atoms with Crippen LogP contribution in [0.3, 0.4) is 0 Å². The Kier molecular flexibility index (Phi) is 6.76. The fourth-order valence-corrected chi connectivity index (χ4v) is 7.39. The average Bonchev–Trinajstić information content (AvgIpc) is 3.73. The molecule has 0 saturated heterocycles. The minimum atomic E-state index is 0.510. The van der Waals surface area contributed by atoms with Gasteiger partial charge in [0.2, 0.25) is 5.95 Å². The third-order valence-corrected chi connectivity index (χ3v) is 9.82. The van der Waals surface area contributed by atoms with Gasteiger partial charge in [-0.3, -0.25) is 4.57 Å². The van der Waals surface area contributed by atoms with E-state index in [4.69, 9.17) is 15.0 Å². The van der Waals surface area contributed by atoms with Crippen molar-refractivity contribution in [3.63, 3.8) is 0 Å². The van der Waals surface area contributed by atoms with Crippen molar-refractivity contribution in [2.24, 2.45) is 0 Å². The standard InChI is InChI=1S/C46H28N6/c47-29-30-19-26-42-39(27-30)38-25-22-34(31-20-23-35(24-21-31)51-40-17-9-7-15-36(40)37-16-8-10-18-41(37)51)28-43(38)52(42)46-49-44(32-11-3-1-4-12-32)48-45(50-46)33-13-5-2-6-14-33/h1-28H. The molecular formula is C46H28N6. The Morgan fingerprint density at radius 3 is 1.54 bits per heavy atom. The van der Waals surface area contributed by atoms with E-state index in [0.29, 0.717) is 23.2 Å². The first-order valence-corrected chi connectivity index (χ1v) is 17.2. The lowest BCUT2D eigenvalue weighted by Crippen LogP contribution is -2.06. The lowest BCUT2D eigenvalue weighted by atomic mass is 10.0. The number of nitrogens with zero attached hydrogens (tertiary/aromatic N) is 6. The van der Waals surface area contributed by atoms with Gasteiger partial charge in [0.05, 0.1) is 33.7 Å². The summed E-state index contributed by atoms with van der Waals surface area (Å²) in [6, 6.07) is 60.5. The van der Waals surface area contributed by atoms with Crippen LogP contribution in [0.1, 0.15) is 5.56 Å². The van der Waals surface area contributed by atoms with Crippen LogP contribution in [0, 0.1) is 11.3 Å². The Labute approximate surface area is 299 Å². The second-order valence-corrected chi connectivity index (χ2v) is 12.8. The van der Waals surface area contributed by atoms with E-state index >= 15 is 0 Å². The molecule has 0 aliphatic carbocycles. The molecule has 10 rings (SSSR count). The molecule has 3 heterocycles. The van der Waals surface area contributed by atoms with Gasteiger partial charge in [-0.1, -0.05) is 121 Å². The molecule has 3 aromatic heterocycles. The summed E-state index contributed by atoms with van der Waals surface area (Å²) in [6.45, 7) is 0. The van der Waals surface area contributed by atoms with E-state index < -0.39 is 0 Å². The number of aromatic nitrogens is 5. The predicted octanol–water partition coefficient (Wildman–Crippen LogP) is 10.9. The lowest BCUT2D eigenvalue weighted by molar-refractivity contribution is 0.953. The average molecular weight is 665 g/mol. The van der Waals surface area contributed by atoms with Crippen molar-refractivity contribution in [3.8, 4) is 51.6 Å². The van der Waals surface area contributed by atoms with E-state index in [1.807, 2.05) is 78.9 Å². The number of hydrogen-bond donors (Lipinski definition) is 0. The highest BCUT2D eigenvalue weighted by Crippen LogP contribution is 2.37. The second-order valence-electron chi connectivity index (χ2n) is 12.8. The van der Waals surface area contributed by atoms with Crippen LogP contribution in [-0.2, 0) is 0 Å². The molecule has 0 fully saturated rings. The maximum Gasteiger partial charge on any atom is 0.238 e. The van der Waals surface area contributed by atoms with Gasteiger partial charge in [-0.2, -0.15) is 15.2 Å². The van der Waals surface area contributed by atoms with Crippen molar-refractivity contribution in [2.75, 3.05) is 0 Å². The number of para-hydroxylation sites is 2. The first-order valence-electron chi connectivity index (χ1n) is 17.2. The smallest absolute Gasteiger partial charge is 0.238 e. The predicted molar refractivity (Wildman–Crippen MR) is 210 cm³/mol. The zero-order chi connectivity index (χ0) is 34.6. The topological polar surface area (TPSA) is 72.3 Å². The van der Waals surface area contributed by atoms with Crippen LogP contribution in [0.25, 0.3) is 89.2 Å². The fourth-order valence-electron chi connectivity index (χ4n) is 7.39. The Bertz CT molecular complexity index is 2890. The zero-order valence-corrected chi connectivity index (χ0v) is 27.8. The number of fused-ring (bicyclic) bond motifs is 6. The van der Waals surface area contributed by atoms with Crippen LogP contribution in [0.4, 0.5) is 0 Å². The van der Waals surface area contributed by atoms with E-state index in [1.54, 1.807) is 0 Å². The van der Waals surface area contributed by atoms with Crippen LogP contribution >= 0.6 is 0 Å². The van der Waals surface area contributed by atoms with Crippen molar-refractivity contribution in [1.29, 1.82) is 5.26 Å². The third-order valence-electron chi connectivity index (χ3n) is 9.82. The van der Waals surface area contributed by atoms with Crippen LogP contribution < -0.4 is 0 Å². The van der Waals surface area contributed by atoms with Gasteiger partial charge in [0.1, 0.15) is 0 Å². The summed E-state index contributed by atoms with van der Waals surface area (Å²) < 4.78 is 4.43. The Balaban J connectivity index is 1.17. The second kappa shape index (κ2) is 11.9. The normalized spacial score (nSPS) is 11.4. The van der Waals surface area contributed by atoms with Gasteiger partial charge in [-0.25, -0.2) is 4.98 Å². The van der Waals surface area contributed by atoms with Gasteiger partial charge in [0.15, 0.2) is 11.6 Å². The summed E-state index contributed by atoms with van der Waals surface area (Å²) >= 11 is 0. The van der Waals surface area contributed by atoms with Crippen molar-refractivity contribution < 1.29 is 0 Å². The van der Waals surface area contributed by atoms with E-state index in [1.165, 1.54) is 21.8 Å². The van der Waals surface area contributed by atoms with Crippen molar-refractivity contribution >= 4 is 43.6 Å². The molecule has 0 aliphatic heterocycles. The van der Waals surface area contributed by atoms with E-state index in [0.717, 1.165) is 49.7 Å². The Morgan fingerprint density at radius 1 is 0.385 bits per heavy atom. The molecular weight excluding hydrogens is 637 g/mol. The summed E-state index contributed by atoms with van der Waals surface area (Å²) in [4.78, 5) is 15.1. The molecule has 0 amide bonds. The molecule has 0 N–H and O–H groups in total. The Hall–Kier alpha value is -7.36. The summed E-state index contributed by atoms with van der Waals surface area (Å²) in [5.41, 5.74) is 9.88. The first-order chi connectivity index (χ1) is 25.7. The molecule has 0 bridgehead atoms. The van der Waals surface area contributed by atoms with E-state index in [9.17, 15) is 5.26 Å². The molecule has 6 nitrogen and oxygen atoms in total. The fraction of sp³-hybridized carbons (Fsp3) is 0. The van der Waals surface area contributed by atoms with Crippen LogP contribution in [0.15, 0.2) is 170 Å². The first kappa shape index (κ1) is 29.5. The number of rotatable bonds is 5. The van der Waals surface area contributed by atoms with Crippen molar-refractivity contribution in [2.45, 2.75) is 0 Å². The highest BCUT2D eigenvalue weighted by Gasteiger charge is 2.19. The van der Waals surface area contributed by atoms with Gasteiger partial charge < -0.3 is 4.57 Å². The molecule has 7 aromatic carbocycles. The molecule has 0 saturated carbocycles. The van der Waals surface area contributed by atoms with Crippen molar-refractivity contribution in [3.05, 3.63) is 175 Å². The van der Waals surface area contributed by atoms with Crippen LogP contribution in [0.5, 0.6) is 0 Å². The number of nitriles is 1. The number of hydrogen-bond acceptors (Lipinski definition) is 4. The van der Waals surface area contributed by atoms with E-state index in [2.05, 4.69) is 106 Å². The molecule has 0 unspecified atom stereocenters. The molecule has 0 spiro atoms. The maximum atomic E-state index is 9.83. The van der Waals surface area contributed by atoms with E-state index in [-0.39, 0.29) is 0 Å². The number of benzene rings is 7. The molecule has 6 heteroatoms. The molecule has 10 aromatic rings. The van der Waals surface area contributed by atoms with Gasteiger partial charge in [0, 0.05) is 38.4 Å².